The van der Waals surface area contributed by atoms with E-state index in [1.54, 1.807) is 0 Å². The normalized spacial score (nSPS) is 13.8. The van der Waals surface area contributed by atoms with Gasteiger partial charge in [0.05, 0.1) is 5.84 Å². The van der Waals surface area contributed by atoms with Crippen molar-refractivity contribution in [3.05, 3.63) is 11.8 Å². The third-order valence-electron chi connectivity index (χ3n) is 2.86. The molecule has 1 aliphatic rings. The zero-order chi connectivity index (χ0) is 17.5. The highest BCUT2D eigenvalue weighted by Crippen LogP contribution is 2.15. The van der Waals surface area contributed by atoms with Gasteiger partial charge in [-0.2, -0.15) is 0 Å². The maximum absolute atomic E-state index is 5.29. The number of nitrogens with zero attached hydrogens (tertiary/aromatic N) is 2. The number of hydrogen-bond donors (Lipinski definition) is 1. The zero-order valence-electron chi connectivity index (χ0n) is 16.2. The fraction of sp³-hybridized carbons (Fsp3) is 0.789. The van der Waals surface area contributed by atoms with Gasteiger partial charge < -0.3 is 5.73 Å². The first kappa shape index (κ1) is 23.2. The van der Waals surface area contributed by atoms with E-state index >= 15 is 0 Å². The van der Waals surface area contributed by atoms with E-state index in [0.29, 0.717) is 11.8 Å². The Balaban J connectivity index is 0. The molecule has 0 aromatic carbocycles. The van der Waals surface area contributed by atoms with E-state index in [1.807, 2.05) is 13.1 Å². The van der Waals surface area contributed by atoms with Gasteiger partial charge in [-0.05, 0) is 31.1 Å². The Bertz CT molecular complexity index is 333. The van der Waals surface area contributed by atoms with Crippen LogP contribution in [0.5, 0.6) is 0 Å². The topological polar surface area (TPSA) is 50.7 Å². The summed E-state index contributed by atoms with van der Waals surface area (Å²) in [5.41, 5.74) is 6.56. The van der Waals surface area contributed by atoms with Gasteiger partial charge in [-0.3, -0.25) is 9.98 Å². The Morgan fingerprint density at radius 3 is 1.91 bits per heavy atom. The van der Waals surface area contributed by atoms with Crippen molar-refractivity contribution in [3.63, 3.8) is 0 Å². The molecule has 0 spiro atoms. The number of amidine groups is 1. The monoisotopic (exact) mass is 309 g/mol. The number of hydrogen-bond acceptors (Lipinski definition) is 2. The molecule has 3 heteroatoms. The zero-order valence-corrected chi connectivity index (χ0v) is 16.2. The SMILES string of the molecule is CC(C)CC1=CCC=N1.CC(N)=NCC(C)C.CCC(C)C. The average molecular weight is 310 g/mol. The van der Waals surface area contributed by atoms with Gasteiger partial charge in [-0.15, -0.1) is 0 Å². The molecule has 0 radical (unpaired) electrons. The Morgan fingerprint density at radius 1 is 1.14 bits per heavy atom. The van der Waals surface area contributed by atoms with Crippen molar-refractivity contribution in [1.82, 2.24) is 0 Å². The molecule has 1 heterocycles. The molecule has 0 bridgehead atoms. The van der Waals surface area contributed by atoms with E-state index in [0.717, 1.165) is 31.2 Å². The van der Waals surface area contributed by atoms with Gasteiger partial charge >= 0.3 is 0 Å². The molecule has 0 aromatic rings. The van der Waals surface area contributed by atoms with Crippen LogP contribution in [0.15, 0.2) is 21.8 Å². The van der Waals surface area contributed by atoms with E-state index in [4.69, 9.17) is 5.73 Å². The van der Waals surface area contributed by atoms with E-state index in [1.165, 1.54) is 12.1 Å². The first-order valence-electron chi connectivity index (χ1n) is 8.66. The van der Waals surface area contributed by atoms with Crippen LogP contribution in [-0.4, -0.2) is 18.6 Å². The maximum Gasteiger partial charge on any atom is 0.0905 e. The van der Waals surface area contributed by atoms with E-state index < -0.39 is 0 Å². The molecule has 1 aliphatic heterocycles. The Kier molecular flexibility index (Phi) is 15.6. The Labute approximate surface area is 139 Å². The smallest absolute Gasteiger partial charge is 0.0905 e. The molecule has 3 nitrogen and oxygen atoms in total. The lowest BCUT2D eigenvalue weighted by Crippen LogP contribution is -2.07. The molecule has 130 valence electrons. The third-order valence-corrected chi connectivity index (χ3v) is 2.86. The van der Waals surface area contributed by atoms with Gasteiger partial charge in [0.1, 0.15) is 0 Å². The molecule has 0 saturated carbocycles. The quantitative estimate of drug-likeness (QED) is 0.532. The molecular formula is C19H39N3. The first-order valence-corrected chi connectivity index (χ1v) is 8.66. The largest absolute Gasteiger partial charge is 0.388 e. The molecule has 0 saturated heterocycles. The van der Waals surface area contributed by atoms with Crippen molar-refractivity contribution in [2.75, 3.05) is 6.54 Å². The van der Waals surface area contributed by atoms with Crippen LogP contribution >= 0.6 is 0 Å². The second-order valence-electron chi connectivity index (χ2n) is 7.02. The molecule has 0 atom stereocenters. The lowest BCUT2D eigenvalue weighted by atomic mass is 10.1. The summed E-state index contributed by atoms with van der Waals surface area (Å²) in [5.74, 6) is 2.92. The van der Waals surface area contributed by atoms with Crippen LogP contribution in [0, 0.1) is 17.8 Å². The summed E-state index contributed by atoms with van der Waals surface area (Å²) in [5, 5.41) is 0. The summed E-state index contributed by atoms with van der Waals surface area (Å²) in [6, 6.07) is 0. The first-order chi connectivity index (χ1) is 10.2. The van der Waals surface area contributed by atoms with Crippen LogP contribution in [0.2, 0.25) is 0 Å². The predicted octanol–water partition coefficient (Wildman–Crippen LogP) is 5.46. The predicted molar refractivity (Wildman–Crippen MR) is 103 cm³/mol. The van der Waals surface area contributed by atoms with Gasteiger partial charge in [0.15, 0.2) is 0 Å². The summed E-state index contributed by atoms with van der Waals surface area (Å²) in [4.78, 5) is 8.23. The van der Waals surface area contributed by atoms with Crippen LogP contribution < -0.4 is 5.73 Å². The summed E-state index contributed by atoms with van der Waals surface area (Å²) in [7, 11) is 0. The molecular weight excluding hydrogens is 270 g/mol. The van der Waals surface area contributed by atoms with Gasteiger partial charge in [0.2, 0.25) is 0 Å². The standard InChI is InChI=1S/C8H13N.C6H14N2.C5H12/c1-7(2)6-8-4-3-5-9-8;1-5(2)4-8-6(3)7;1-4-5(2)3/h4-5,7H,3,6H2,1-2H3;5H,4H2,1-3H3,(H2,7,8);5H,4H2,1-3H3. The van der Waals surface area contributed by atoms with Crippen LogP contribution in [0.3, 0.4) is 0 Å². The molecule has 0 fully saturated rings. The van der Waals surface area contributed by atoms with Crippen LogP contribution in [-0.2, 0) is 0 Å². The molecule has 0 aliphatic carbocycles. The molecule has 0 aromatic heterocycles. The highest BCUT2D eigenvalue weighted by atomic mass is 14.8. The summed E-state index contributed by atoms with van der Waals surface area (Å²) < 4.78 is 0. The lowest BCUT2D eigenvalue weighted by molar-refractivity contribution is 0.626. The van der Waals surface area contributed by atoms with Gasteiger partial charge in [0.25, 0.3) is 0 Å². The van der Waals surface area contributed by atoms with Crippen molar-refractivity contribution in [2.45, 2.75) is 74.7 Å². The van der Waals surface area contributed by atoms with Crippen LogP contribution in [0.25, 0.3) is 0 Å². The molecule has 0 amide bonds. The van der Waals surface area contributed by atoms with Crippen molar-refractivity contribution in [3.8, 4) is 0 Å². The van der Waals surface area contributed by atoms with Crippen molar-refractivity contribution < 1.29 is 0 Å². The minimum atomic E-state index is 0.619. The molecule has 22 heavy (non-hydrogen) atoms. The highest BCUT2D eigenvalue weighted by molar-refractivity contribution is 5.77. The maximum atomic E-state index is 5.29. The molecule has 2 N–H and O–H groups in total. The Hall–Kier alpha value is -1.12. The van der Waals surface area contributed by atoms with Crippen LogP contribution in [0.4, 0.5) is 0 Å². The lowest BCUT2D eigenvalue weighted by Gasteiger charge is -2.00. The van der Waals surface area contributed by atoms with E-state index in [-0.39, 0.29) is 0 Å². The number of allylic oxidation sites excluding steroid dienone is 2. The second kappa shape index (κ2) is 14.8. The fourth-order valence-corrected chi connectivity index (χ4v) is 1.29. The minimum Gasteiger partial charge on any atom is -0.388 e. The summed E-state index contributed by atoms with van der Waals surface area (Å²) >= 11 is 0. The molecule has 1 rings (SSSR count). The van der Waals surface area contributed by atoms with Crippen molar-refractivity contribution in [2.24, 2.45) is 33.5 Å². The fourth-order valence-electron chi connectivity index (χ4n) is 1.29. The number of rotatable bonds is 5. The highest BCUT2D eigenvalue weighted by Gasteiger charge is 2.00. The van der Waals surface area contributed by atoms with Crippen LogP contribution in [0.1, 0.15) is 74.7 Å². The van der Waals surface area contributed by atoms with Gasteiger partial charge in [-0.1, -0.05) is 61.0 Å². The summed E-state index contributed by atoms with van der Waals surface area (Å²) in [6.45, 7) is 18.0. The second-order valence-corrected chi connectivity index (χ2v) is 7.02. The Morgan fingerprint density at radius 2 is 1.68 bits per heavy atom. The summed E-state index contributed by atoms with van der Waals surface area (Å²) in [6.07, 6.45) is 7.65. The molecule has 0 unspecified atom stereocenters. The van der Waals surface area contributed by atoms with Gasteiger partial charge in [-0.25, -0.2) is 0 Å². The van der Waals surface area contributed by atoms with Gasteiger partial charge in [0, 0.05) is 24.9 Å². The third kappa shape index (κ3) is 21.2. The van der Waals surface area contributed by atoms with Crippen molar-refractivity contribution >= 4 is 12.1 Å². The van der Waals surface area contributed by atoms with E-state index in [9.17, 15) is 0 Å². The van der Waals surface area contributed by atoms with Crippen molar-refractivity contribution in [1.29, 1.82) is 0 Å². The average Bonchev–Trinajstić information content (AvgIpc) is 2.89. The van der Waals surface area contributed by atoms with E-state index in [2.05, 4.69) is 64.5 Å². The number of nitrogens with two attached hydrogens (primary N) is 1. The minimum absolute atomic E-state index is 0.619. The number of aliphatic imine (C=N–C) groups is 2.